The van der Waals surface area contributed by atoms with Gasteiger partial charge < -0.3 is 10.6 Å². The van der Waals surface area contributed by atoms with Gasteiger partial charge in [-0.2, -0.15) is 51.3 Å². The molecule has 2 atom stereocenters. The third kappa shape index (κ3) is 10.5. The number of carbonyl (C=O) groups excluding carboxylic acids is 2. The van der Waals surface area contributed by atoms with Gasteiger partial charge in [-0.05, 0) is 53.8 Å². The average Bonchev–Trinajstić information content (AvgIpc) is 2.86. The second-order valence-electron chi connectivity index (χ2n) is 8.62. The van der Waals surface area contributed by atoms with E-state index in [4.69, 9.17) is 34.8 Å². The van der Waals surface area contributed by atoms with Crippen LogP contribution in [-0.4, -0.2) is 48.8 Å². The third-order valence-corrected chi connectivity index (χ3v) is 7.33. The van der Waals surface area contributed by atoms with Gasteiger partial charge in [0.1, 0.15) is 12.6 Å². The summed E-state index contributed by atoms with van der Waals surface area (Å²) < 4.78 is 121. The summed E-state index contributed by atoms with van der Waals surface area (Å²) >= 11 is 18.6. The van der Waals surface area contributed by atoms with Gasteiger partial charge in [-0.15, -0.1) is 0 Å². The molecule has 232 valence electrons. The summed E-state index contributed by atoms with van der Waals surface area (Å²) in [7, 11) is 0. The molecule has 0 fully saturated rings. The van der Waals surface area contributed by atoms with Gasteiger partial charge in [0.15, 0.2) is 0 Å². The second kappa shape index (κ2) is 14.5. The van der Waals surface area contributed by atoms with Crippen LogP contribution in [0.3, 0.4) is 0 Å². The molecule has 2 N–H and O–H groups in total. The SMILES string of the molecule is CSCC[C@@H](NC(=O)c1ccc(/C=C/C(c2cc(Cl)c(Cl)c(Cl)c2)C(F)(F)F)cc1C(F)(F)F)C(=O)NCC(F)(F)F. The zero-order chi connectivity index (χ0) is 32.0. The Bertz CT molecular complexity index is 1290. The molecule has 0 spiro atoms. The molecule has 2 aromatic carbocycles. The Morgan fingerprint density at radius 2 is 1.55 bits per heavy atom. The van der Waals surface area contributed by atoms with Gasteiger partial charge in [0.2, 0.25) is 5.91 Å². The highest BCUT2D eigenvalue weighted by molar-refractivity contribution is 7.98. The van der Waals surface area contributed by atoms with Crippen molar-refractivity contribution >= 4 is 64.5 Å². The first-order valence-corrected chi connectivity index (χ1v) is 14.0. The van der Waals surface area contributed by atoms with Crippen LogP contribution in [0.5, 0.6) is 0 Å². The van der Waals surface area contributed by atoms with E-state index in [0.717, 1.165) is 24.3 Å². The lowest BCUT2D eigenvalue weighted by Gasteiger charge is -2.20. The molecule has 0 heterocycles. The molecule has 0 saturated heterocycles. The predicted molar refractivity (Wildman–Crippen MR) is 144 cm³/mol. The van der Waals surface area contributed by atoms with Crippen LogP contribution >= 0.6 is 46.6 Å². The molecule has 2 rings (SSSR count). The lowest BCUT2D eigenvalue weighted by atomic mass is 9.96. The smallest absolute Gasteiger partial charge is 0.345 e. The molecule has 17 heteroatoms. The van der Waals surface area contributed by atoms with Gasteiger partial charge in [0.05, 0.1) is 32.1 Å². The highest BCUT2D eigenvalue weighted by Crippen LogP contribution is 2.41. The van der Waals surface area contributed by atoms with Crippen LogP contribution in [0, 0.1) is 0 Å². The molecular weight excluding hydrogens is 670 g/mol. The molecule has 0 aromatic heterocycles. The van der Waals surface area contributed by atoms with Crippen molar-refractivity contribution in [3.8, 4) is 0 Å². The van der Waals surface area contributed by atoms with Crippen molar-refractivity contribution in [2.24, 2.45) is 0 Å². The van der Waals surface area contributed by atoms with E-state index in [1.165, 1.54) is 11.8 Å². The zero-order valence-corrected chi connectivity index (χ0v) is 24.2. The maximum absolute atomic E-state index is 13.9. The summed E-state index contributed by atoms with van der Waals surface area (Å²) in [5, 5.41) is 2.83. The molecule has 2 amide bonds. The quantitative estimate of drug-likeness (QED) is 0.194. The molecule has 2 aromatic rings. The second-order valence-corrected chi connectivity index (χ2v) is 10.8. The minimum Gasteiger partial charge on any atom is -0.345 e. The predicted octanol–water partition coefficient (Wildman–Crippen LogP) is 8.55. The molecule has 0 bridgehead atoms. The Kier molecular flexibility index (Phi) is 12.4. The van der Waals surface area contributed by atoms with E-state index in [1.807, 2.05) is 5.32 Å². The van der Waals surface area contributed by atoms with Crippen LogP contribution in [0.15, 0.2) is 36.4 Å². The van der Waals surface area contributed by atoms with E-state index >= 15 is 0 Å². The van der Waals surface area contributed by atoms with E-state index in [1.54, 1.807) is 11.6 Å². The minimum atomic E-state index is -5.18. The lowest BCUT2D eigenvalue weighted by Crippen LogP contribution is -2.49. The number of hydrogen-bond acceptors (Lipinski definition) is 3. The highest BCUT2D eigenvalue weighted by Gasteiger charge is 2.40. The number of allylic oxidation sites excluding steroid dienone is 1. The Balaban J connectivity index is 2.43. The Morgan fingerprint density at radius 3 is 2.05 bits per heavy atom. The molecule has 0 aliphatic heterocycles. The number of rotatable bonds is 10. The standard InChI is InChI=1S/C25H20Cl3F9N2O2S/c1-42-7-6-19(22(41)38-11-23(29,30)31)39-21(40)14-4-2-12(8-16(14)25(35,36)37)3-5-15(24(32,33)34)13-9-17(26)20(28)18(27)10-13/h2-5,8-10,15,19H,6-7,11H2,1H3,(H,38,41)(H,39,40)/b5-3+/t15?,19-/m1/s1. The summed E-state index contributed by atoms with van der Waals surface area (Å²) in [5.74, 6) is -4.87. The maximum Gasteiger partial charge on any atom is 0.417 e. The number of hydrogen-bond donors (Lipinski definition) is 2. The Morgan fingerprint density at radius 1 is 0.952 bits per heavy atom. The molecule has 1 unspecified atom stereocenters. The van der Waals surface area contributed by atoms with Crippen molar-refractivity contribution in [2.45, 2.75) is 36.9 Å². The largest absolute Gasteiger partial charge is 0.417 e. The summed E-state index contributed by atoms with van der Waals surface area (Å²) in [4.78, 5) is 25.0. The van der Waals surface area contributed by atoms with Gasteiger partial charge in [0.25, 0.3) is 5.91 Å². The van der Waals surface area contributed by atoms with E-state index in [-0.39, 0.29) is 32.8 Å². The molecule has 0 radical (unpaired) electrons. The van der Waals surface area contributed by atoms with Crippen molar-refractivity contribution in [2.75, 3.05) is 18.6 Å². The van der Waals surface area contributed by atoms with Gasteiger partial charge in [-0.3, -0.25) is 9.59 Å². The van der Waals surface area contributed by atoms with Gasteiger partial charge in [0, 0.05) is 0 Å². The van der Waals surface area contributed by atoms with Gasteiger partial charge in [-0.1, -0.05) is 53.0 Å². The molecule has 0 aliphatic carbocycles. The Labute approximate surface area is 252 Å². The molecule has 42 heavy (non-hydrogen) atoms. The highest BCUT2D eigenvalue weighted by atomic mass is 35.5. The van der Waals surface area contributed by atoms with Gasteiger partial charge >= 0.3 is 18.5 Å². The molecule has 0 saturated carbocycles. The number of alkyl halides is 9. The monoisotopic (exact) mass is 688 g/mol. The first-order valence-electron chi connectivity index (χ1n) is 11.5. The normalized spacial score (nSPS) is 14.1. The van der Waals surface area contributed by atoms with Crippen molar-refractivity contribution in [3.63, 3.8) is 0 Å². The first kappa shape index (κ1) is 35.9. The van der Waals surface area contributed by atoms with Crippen molar-refractivity contribution in [1.82, 2.24) is 10.6 Å². The van der Waals surface area contributed by atoms with Crippen molar-refractivity contribution in [1.29, 1.82) is 0 Å². The average molecular weight is 690 g/mol. The van der Waals surface area contributed by atoms with E-state index in [9.17, 15) is 49.1 Å². The number of thioether (sulfide) groups is 1. The van der Waals surface area contributed by atoms with Crippen LogP contribution < -0.4 is 10.6 Å². The van der Waals surface area contributed by atoms with Crippen LogP contribution in [0.4, 0.5) is 39.5 Å². The molecule has 4 nitrogen and oxygen atoms in total. The topological polar surface area (TPSA) is 58.2 Å². The van der Waals surface area contributed by atoms with Gasteiger partial charge in [-0.25, -0.2) is 0 Å². The zero-order valence-electron chi connectivity index (χ0n) is 21.1. The number of nitrogens with one attached hydrogen (secondary N) is 2. The number of halogens is 12. The maximum atomic E-state index is 13.9. The summed E-state index contributed by atoms with van der Waals surface area (Å²) in [6.45, 7) is -1.72. The fourth-order valence-corrected chi connectivity index (χ4v) is 4.60. The van der Waals surface area contributed by atoms with Crippen LogP contribution in [0.25, 0.3) is 6.08 Å². The third-order valence-electron chi connectivity index (χ3n) is 5.49. The lowest BCUT2D eigenvalue weighted by molar-refractivity contribution is -0.140. The molecular formula is C25H20Cl3F9N2O2S. The van der Waals surface area contributed by atoms with Crippen molar-refractivity contribution < 1.29 is 49.1 Å². The summed E-state index contributed by atoms with van der Waals surface area (Å²) in [6.07, 6.45) is -12.2. The Hall–Kier alpha value is -2.29. The number of carbonyl (C=O) groups is 2. The minimum absolute atomic E-state index is 0.171. The number of amides is 2. The summed E-state index contributed by atoms with van der Waals surface area (Å²) in [5.41, 5.74) is -3.37. The van der Waals surface area contributed by atoms with Crippen LogP contribution in [0.1, 0.15) is 39.4 Å². The van der Waals surface area contributed by atoms with E-state index < -0.39 is 65.5 Å². The summed E-state index contributed by atoms with van der Waals surface area (Å²) in [6, 6.07) is 2.24. The number of benzene rings is 2. The van der Waals surface area contributed by atoms with Crippen molar-refractivity contribution in [3.05, 3.63) is 73.7 Å². The van der Waals surface area contributed by atoms with E-state index in [2.05, 4.69) is 0 Å². The fourth-order valence-electron chi connectivity index (χ4n) is 3.52. The van der Waals surface area contributed by atoms with Crippen LogP contribution in [-0.2, 0) is 11.0 Å². The molecule has 0 aliphatic rings. The first-order chi connectivity index (χ1) is 19.2. The van der Waals surface area contributed by atoms with Crippen LogP contribution in [0.2, 0.25) is 15.1 Å². The fraction of sp³-hybridized carbons (Fsp3) is 0.360. The van der Waals surface area contributed by atoms with E-state index in [0.29, 0.717) is 18.2 Å².